The van der Waals surface area contributed by atoms with E-state index in [-0.39, 0.29) is 0 Å². The zero-order valence-electron chi connectivity index (χ0n) is 9.32. The van der Waals surface area contributed by atoms with Gasteiger partial charge in [-0.3, -0.25) is 9.97 Å². The van der Waals surface area contributed by atoms with E-state index in [2.05, 4.69) is 22.2 Å². The molecular formula is C12H19N3. The normalized spacial score (nSPS) is 19.3. The van der Waals surface area contributed by atoms with Gasteiger partial charge in [-0.15, -0.1) is 0 Å². The SMILES string of the molecule is CC(NCc1cnccn1)C1CCCC1. The fourth-order valence-electron chi connectivity index (χ4n) is 2.31. The first-order chi connectivity index (χ1) is 7.36. The summed E-state index contributed by atoms with van der Waals surface area (Å²) in [5, 5.41) is 3.54. The Morgan fingerprint density at radius 3 is 2.87 bits per heavy atom. The minimum atomic E-state index is 0.606. The molecule has 3 nitrogen and oxygen atoms in total. The Labute approximate surface area is 91.3 Å². The highest BCUT2D eigenvalue weighted by atomic mass is 14.9. The molecule has 0 spiro atoms. The van der Waals surface area contributed by atoms with Gasteiger partial charge in [-0.1, -0.05) is 12.8 Å². The van der Waals surface area contributed by atoms with E-state index in [1.807, 2.05) is 6.20 Å². The standard InChI is InChI=1S/C12H19N3/c1-10(11-4-2-3-5-11)15-9-12-8-13-6-7-14-12/h6-8,10-11,15H,2-5,9H2,1H3. The lowest BCUT2D eigenvalue weighted by Gasteiger charge is -2.19. The second-order valence-corrected chi connectivity index (χ2v) is 4.41. The van der Waals surface area contributed by atoms with E-state index in [0.717, 1.165) is 18.2 Å². The van der Waals surface area contributed by atoms with Crippen molar-refractivity contribution in [2.24, 2.45) is 5.92 Å². The largest absolute Gasteiger partial charge is 0.308 e. The number of nitrogens with zero attached hydrogens (tertiary/aromatic N) is 2. The highest BCUT2D eigenvalue weighted by Crippen LogP contribution is 2.27. The molecule has 1 fully saturated rings. The van der Waals surface area contributed by atoms with Gasteiger partial charge in [0.05, 0.1) is 5.69 Å². The van der Waals surface area contributed by atoms with Gasteiger partial charge in [-0.05, 0) is 25.7 Å². The molecule has 0 saturated heterocycles. The third-order valence-corrected chi connectivity index (χ3v) is 3.33. The molecule has 1 saturated carbocycles. The van der Waals surface area contributed by atoms with Gasteiger partial charge in [0.15, 0.2) is 0 Å². The van der Waals surface area contributed by atoms with E-state index in [1.54, 1.807) is 12.4 Å². The Bertz CT molecular complexity index is 280. The monoisotopic (exact) mass is 205 g/mol. The van der Waals surface area contributed by atoms with Crippen LogP contribution in [0.1, 0.15) is 38.3 Å². The molecule has 1 aromatic heterocycles. The van der Waals surface area contributed by atoms with Crippen LogP contribution in [-0.2, 0) is 6.54 Å². The van der Waals surface area contributed by atoms with E-state index in [0.29, 0.717) is 6.04 Å². The fourth-order valence-corrected chi connectivity index (χ4v) is 2.31. The van der Waals surface area contributed by atoms with Crippen LogP contribution in [0, 0.1) is 5.92 Å². The first-order valence-corrected chi connectivity index (χ1v) is 5.84. The van der Waals surface area contributed by atoms with Crippen molar-refractivity contribution in [1.29, 1.82) is 0 Å². The van der Waals surface area contributed by atoms with Crippen molar-refractivity contribution in [3.05, 3.63) is 24.3 Å². The summed E-state index contributed by atoms with van der Waals surface area (Å²) in [7, 11) is 0. The van der Waals surface area contributed by atoms with Crippen molar-refractivity contribution < 1.29 is 0 Å². The molecule has 1 unspecified atom stereocenters. The second kappa shape index (κ2) is 5.21. The topological polar surface area (TPSA) is 37.8 Å². The first-order valence-electron chi connectivity index (χ1n) is 5.84. The molecule has 15 heavy (non-hydrogen) atoms. The molecule has 0 aliphatic heterocycles. The Morgan fingerprint density at radius 2 is 2.20 bits per heavy atom. The van der Waals surface area contributed by atoms with Crippen LogP contribution in [0.15, 0.2) is 18.6 Å². The Balaban J connectivity index is 1.77. The van der Waals surface area contributed by atoms with Crippen molar-refractivity contribution in [2.75, 3.05) is 0 Å². The molecule has 3 heteroatoms. The summed E-state index contributed by atoms with van der Waals surface area (Å²) in [6.07, 6.45) is 10.9. The van der Waals surface area contributed by atoms with Crippen LogP contribution in [0.5, 0.6) is 0 Å². The van der Waals surface area contributed by atoms with E-state index < -0.39 is 0 Å². The van der Waals surface area contributed by atoms with Crippen molar-refractivity contribution in [1.82, 2.24) is 15.3 Å². The van der Waals surface area contributed by atoms with Gasteiger partial charge in [-0.2, -0.15) is 0 Å². The van der Waals surface area contributed by atoms with Crippen LogP contribution >= 0.6 is 0 Å². The maximum absolute atomic E-state index is 4.25. The van der Waals surface area contributed by atoms with Gasteiger partial charge < -0.3 is 5.32 Å². The van der Waals surface area contributed by atoms with Crippen LogP contribution in [-0.4, -0.2) is 16.0 Å². The maximum Gasteiger partial charge on any atom is 0.0724 e. The molecule has 0 bridgehead atoms. The molecule has 1 atom stereocenters. The van der Waals surface area contributed by atoms with Crippen LogP contribution < -0.4 is 5.32 Å². The first kappa shape index (κ1) is 10.6. The van der Waals surface area contributed by atoms with Crippen molar-refractivity contribution in [3.8, 4) is 0 Å². The predicted molar refractivity (Wildman–Crippen MR) is 60.3 cm³/mol. The van der Waals surface area contributed by atoms with Crippen molar-refractivity contribution in [3.63, 3.8) is 0 Å². The zero-order valence-corrected chi connectivity index (χ0v) is 9.32. The lowest BCUT2D eigenvalue weighted by molar-refractivity contribution is 0.379. The number of hydrogen-bond donors (Lipinski definition) is 1. The average molecular weight is 205 g/mol. The lowest BCUT2D eigenvalue weighted by atomic mass is 10.00. The smallest absolute Gasteiger partial charge is 0.0724 e. The quantitative estimate of drug-likeness (QED) is 0.818. The van der Waals surface area contributed by atoms with Crippen LogP contribution in [0.3, 0.4) is 0 Å². The van der Waals surface area contributed by atoms with Gasteiger partial charge in [-0.25, -0.2) is 0 Å². The number of aromatic nitrogens is 2. The highest BCUT2D eigenvalue weighted by Gasteiger charge is 2.20. The third kappa shape index (κ3) is 2.99. The molecule has 1 aliphatic carbocycles. The number of rotatable bonds is 4. The maximum atomic E-state index is 4.25. The summed E-state index contributed by atoms with van der Waals surface area (Å²) in [4.78, 5) is 8.31. The number of nitrogens with one attached hydrogen (secondary N) is 1. The third-order valence-electron chi connectivity index (χ3n) is 3.33. The van der Waals surface area contributed by atoms with Crippen molar-refractivity contribution in [2.45, 2.75) is 45.2 Å². The van der Waals surface area contributed by atoms with Crippen molar-refractivity contribution >= 4 is 0 Å². The molecule has 0 amide bonds. The molecule has 1 aromatic rings. The Hall–Kier alpha value is -0.960. The predicted octanol–water partition coefficient (Wildman–Crippen LogP) is 2.14. The minimum Gasteiger partial charge on any atom is -0.308 e. The van der Waals surface area contributed by atoms with Gasteiger partial charge in [0.25, 0.3) is 0 Å². The summed E-state index contributed by atoms with van der Waals surface area (Å²) in [6, 6.07) is 0.606. The molecule has 0 radical (unpaired) electrons. The molecule has 0 aromatic carbocycles. The lowest BCUT2D eigenvalue weighted by Crippen LogP contribution is -2.32. The summed E-state index contributed by atoms with van der Waals surface area (Å²) in [6.45, 7) is 3.12. The summed E-state index contributed by atoms with van der Waals surface area (Å²) in [5.74, 6) is 0.863. The summed E-state index contributed by atoms with van der Waals surface area (Å²) in [5.41, 5.74) is 1.03. The molecule has 2 rings (SSSR count). The fraction of sp³-hybridized carbons (Fsp3) is 0.667. The molecule has 82 valence electrons. The second-order valence-electron chi connectivity index (χ2n) is 4.41. The molecule has 1 heterocycles. The molecular weight excluding hydrogens is 186 g/mol. The summed E-state index contributed by atoms with van der Waals surface area (Å²) < 4.78 is 0. The molecule has 1 N–H and O–H groups in total. The van der Waals surface area contributed by atoms with Gasteiger partial charge in [0.2, 0.25) is 0 Å². The Kier molecular flexibility index (Phi) is 3.67. The Morgan fingerprint density at radius 1 is 1.40 bits per heavy atom. The van der Waals surface area contributed by atoms with Gasteiger partial charge in [0.1, 0.15) is 0 Å². The average Bonchev–Trinajstić information content (AvgIpc) is 2.81. The van der Waals surface area contributed by atoms with Crippen LogP contribution in [0.25, 0.3) is 0 Å². The van der Waals surface area contributed by atoms with Crippen LogP contribution in [0.4, 0.5) is 0 Å². The summed E-state index contributed by atoms with van der Waals surface area (Å²) >= 11 is 0. The van der Waals surface area contributed by atoms with E-state index in [1.165, 1.54) is 25.7 Å². The number of hydrogen-bond acceptors (Lipinski definition) is 3. The van der Waals surface area contributed by atoms with E-state index in [4.69, 9.17) is 0 Å². The van der Waals surface area contributed by atoms with Gasteiger partial charge >= 0.3 is 0 Å². The van der Waals surface area contributed by atoms with E-state index >= 15 is 0 Å². The zero-order chi connectivity index (χ0) is 10.5. The van der Waals surface area contributed by atoms with E-state index in [9.17, 15) is 0 Å². The molecule has 1 aliphatic rings. The highest BCUT2D eigenvalue weighted by molar-refractivity contribution is 4.94. The van der Waals surface area contributed by atoms with Gasteiger partial charge in [0, 0.05) is 31.2 Å². The van der Waals surface area contributed by atoms with Crippen LogP contribution in [0.2, 0.25) is 0 Å². The minimum absolute atomic E-state index is 0.606.